The summed E-state index contributed by atoms with van der Waals surface area (Å²) in [6, 6.07) is 15.4. The summed E-state index contributed by atoms with van der Waals surface area (Å²) in [4.78, 5) is 12.4. The molecule has 0 atom stereocenters. The minimum Gasteiger partial charge on any atom is -0.468 e. The van der Waals surface area contributed by atoms with E-state index in [1.807, 2.05) is 32.0 Å². The van der Waals surface area contributed by atoms with Crippen LogP contribution in [0.15, 0.2) is 70.2 Å². The van der Waals surface area contributed by atoms with Crippen molar-refractivity contribution in [2.75, 3.05) is 5.32 Å². The van der Waals surface area contributed by atoms with E-state index >= 15 is 0 Å². The minimum atomic E-state index is -3.66. The van der Waals surface area contributed by atoms with Crippen molar-refractivity contribution in [3.8, 4) is 0 Å². The van der Waals surface area contributed by atoms with Crippen molar-refractivity contribution in [3.05, 3.63) is 83.3 Å². The zero-order valence-electron chi connectivity index (χ0n) is 15.7. The van der Waals surface area contributed by atoms with E-state index in [2.05, 4.69) is 10.0 Å². The molecule has 3 aromatic rings. The lowest BCUT2D eigenvalue weighted by atomic mass is 10.0. The SMILES string of the molecule is Cc1ccc(CC(=O)Nc2ccc(S(=O)(=O)NCc3ccco3)cc2)cc1C. The normalized spacial score (nSPS) is 11.4. The fourth-order valence-corrected chi connectivity index (χ4v) is 3.68. The van der Waals surface area contributed by atoms with Gasteiger partial charge >= 0.3 is 0 Å². The Labute approximate surface area is 164 Å². The van der Waals surface area contributed by atoms with Crippen LogP contribution < -0.4 is 10.0 Å². The summed E-state index contributed by atoms with van der Waals surface area (Å²) in [6.07, 6.45) is 1.74. The molecule has 2 aromatic carbocycles. The van der Waals surface area contributed by atoms with Gasteiger partial charge in [0.1, 0.15) is 5.76 Å². The molecular formula is C21H22N2O4S. The number of rotatable bonds is 7. The number of sulfonamides is 1. The lowest BCUT2D eigenvalue weighted by Gasteiger charge is -2.09. The first-order valence-corrected chi connectivity index (χ1v) is 10.3. The van der Waals surface area contributed by atoms with Gasteiger partial charge in [-0.05, 0) is 66.9 Å². The van der Waals surface area contributed by atoms with Gasteiger partial charge in [0.25, 0.3) is 0 Å². The van der Waals surface area contributed by atoms with Crippen molar-refractivity contribution in [1.82, 2.24) is 4.72 Å². The number of carbonyl (C=O) groups is 1. The maximum atomic E-state index is 12.3. The first-order chi connectivity index (χ1) is 13.3. The number of anilines is 1. The monoisotopic (exact) mass is 398 g/mol. The second-order valence-electron chi connectivity index (χ2n) is 6.57. The molecule has 0 unspecified atom stereocenters. The van der Waals surface area contributed by atoms with E-state index in [0.717, 1.165) is 11.1 Å². The number of furan rings is 1. The molecule has 0 spiro atoms. The van der Waals surface area contributed by atoms with Crippen molar-refractivity contribution >= 4 is 21.6 Å². The van der Waals surface area contributed by atoms with Crippen LogP contribution in [0.25, 0.3) is 0 Å². The molecule has 6 nitrogen and oxygen atoms in total. The highest BCUT2D eigenvalue weighted by atomic mass is 32.2. The van der Waals surface area contributed by atoms with Gasteiger partial charge in [0.2, 0.25) is 15.9 Å². The Morgan fingerprint density at radius 2 is 1.75 bits per heavy atom. The maximum Gasteiger partial charge on any atom is 0.240 e. The summed E-state index contributed by atoms with van der Waals surface area (Å²) in [5, 5.41) is 2.79. The Kier molecular flexibility index (Phi) is 5.96. The summed E-state index contributed by atoms with van der Waals surface area (Å²) in [7, 11) is -3.66. The Hall–Kier alpha value is -2.90. The number of nitrogens with one attached hydrogen (secondary N) is 2. The van der Waals surface area contributed by atoms with E-state index in [1.54, 1.807) is 24.3 Å². The molecule has 2 N–H and O–H groups in total. The highest BCUT2D eigenvalue weighted by Crippen LogP contribution is 2.16. The van der Waals surface area contributed by atoms with Crippen LogP contribution in [0, 0.1) is 13.8 Å². The van der Waals surface area contributed by atoms with Crippen LogP contribution in [0.4, 0.5) is 5.69 Å². The van der Waals surface area contributed by atoms with Gasteiger partial charge in [-0.1, -0.05) is 18.2 Å². The third kappa shape index (κ3) is 5.09. The number of carbonyl (C=O) groups excluding carboxylic acids is 1. The Balaban J connectivity index is 1.60. The Morgan fingerprint density at radius 3 is 2.39 bits per heavy atom. The third-order valence-corrected chi connectivity index (χ3v) is 5.82. The van der Waals surface area contributed by atoms with Crippen LogP contribution in [0.2, 0.25) is 0 Å². The molecule has 0 aliphatic carbocycles. The number of aryl methyl sites for hydroxylation is 2. The number of hydrogen-bond acceptors (Lipinski definition) is 4. The lowest BCUT2D eigenvalue weighted by Crippen LogP contribution is -2.23. The molecule has 1 aromatic heterocycles. The topological polar surface area (TPSA) is 88.4 Å². The quantitative estimate of drug-likeness (QED) is 0.637. The zero-order chi connectivity index (χ0) is 20.1. The molecule has 0 aliphatic heterocycles. The molecule has 0 fully saturated rings. The minimum absolute atomic E-state index is 0.0732. The third-order valence-electron chi connectivity index (χ3n) is 4.40. The van der Waals surface area contributed by atoms with Gasteiger partial charge in [-0.3, -0.25) is 4.79 Å². The van der Waals surface area contributed by atoms with E-state index < -0.39 is 10.0 Å². The lowest BCUT2D eigenvalue weighted by molar-refractivity contribution is -0.115. The van der Waals surface area contributed by atoms with Crippen molar-refractivity contribution in [2.45, 2.75) is 31.7 Å². The predicted octanol–water partition coefficient (Wildman–Crippen LogP) is 3.56. The van der Waals surface area contributed by atoms with Crippen LogP contribution in [-0.2, 0) is 27.8 Å². The highest BCUT2D eigenvalue weighted by molar-refractivity contribution is 7.89. The van der Waals surface area contributed by atoms with Gasteiger partial charge in [0, 0.05) is 5.69 Å². The average Bonchev–Trinajstić information content (AvgIpc) is 3.17. The number of amides is 1. The van der Waals surface area contributed by atoms with Crippen LogP contribution in [-0.4, -0.2) is 14.3 Å². The molecular weight excluding hydrogens is 376 g/mol. The summed E-state index contributed by atoms with van der Waals surface area (Å²) in [5.41, 5.74) is 3.80. The largest absolute Gasteiger partial charge is 0.468 e. The number of hydrogen-bond donors (Lipinski definition) is 2. The van der Waals surface area contributed by atoms with Crippen molar-refractivity contribution in [2.24, 2.45) is 0 Å². The van der Waals surface area contributed by atoms with Crippen LogP contribution in [0.5, 0.6) is 0 Å². The van der Waals surface area contributed by atoms with Gasteiger partial charge in [-0.2, -0.15) is 0 Å². The Bertz CT molecular complexity index is 1060. The second-order valence-corrected chi connectivity index (χ2v) is 8.34. The molecule has 0 aliphatic rings. The molecule has 1 amide bonds. The van der Waals surface area contributed by atoms with E-state index in [4.69, 9.17) is 4.42 Å². The van der Waals surface area contributed by atoms with E-state index in [1.165, 1.54) is 24.0 Å². The van der Waals surface area contributed by atoms with Crippen LogP contribution >= 0.6 is 0 Å². The molecule has 0 saturated carbocycles. The van der Waals surface area contributed by atoms with Gasteiger partial charge in [0.05, 0.1) is 24.1 Å². The van der Waals surface area contributed by atoms with Gasteiger partial charge < -0.3 is 9.73 Å². The fraction of sp³-hybridized carbons (Fsp3) is 0.190. The smallest absolute Gasteiger partial charge is 0.240 e. The molecule has 0 radical (unpaired) electrons. The van der Waals surface area contributed by atoms with E-state index in [9.17, 15) is 13.2 Å². The summed E-state index contributed by atoms with van der Waals surface area (Å²) in [5.74, 6) is 0.369. The second kappa shape index (κ2) is 8.41. The first kappa shape index (κ1) is 19.9. The standard InChI is InChI=1S/C21H22N2O4S/c1-15-5-6-17(12-16(15)2)13-21(24)23-18-7-9-20(10-8-18)28(25,26)22-14-19-4-3-11-27-19/h3-12,22H,13-14H2,1-2H3,(H,23,24). The van der Waals surface area contributed by atoms with Crippen molar-refractivity contribution in [1.29, 1.82) is 0 Å². The molecule has 28 heavy (non-hydrogen) atoms. The van der Waals surface area contributed by atoms with Crippen molar-refractivity contribution < 1.29 is 17.6 Å². The summed E-state index contributed by atoms with van der Waals surface area (Å²) < 4.78 is 32.2. The van der Waals surface area contributed by atoms with Gasteiger partial charge in [0.15, 0.2) is 0 Å². The van der Waals surface area contributed by atoms with E-state index in [-0.39, 0.29) is 23.8 Å². The fourth-order valence-electron chi connectivity index (χ4n) is 2.68. The Morgan fingerprint density at radius 1 is 1.00 bits per heavy atom. The molecule has 3 rings (SSSR count). The van der Waals surface area contributed by atoms with Crippen LogP contribution in [0.1, 0.15) is 22.5 Å². The van der Waals surface area contributed by atoms with Crippen LogP contribution in [0.3, 0.4) is 0 Å². The van der Waals surface area contributed by atoms with Gasteiger partial charge in [-0.15, -0.1) is 0 Å². The predicted molar refractivity (Wildman–Crippen MR) is 107 cm³/mol. The summed E-state index contributed by atoms with van der Waals surface area (Å²) in [6.45, 7) is 4.11. The van der Waals surface area contributed by atoms with Crippen molar-refractivity contribution in [3.63, 3.8) is 0 Å². The maximum absolute atomic E-state index is 12.3. The zero-order valence-corrected chi connectivity index (χ0v) is 16.5. The molecule has 1 heterocycles. The molecule has 0 saturated heterocycles. The number of benzene rings is 2. The molecule has 7 heteroatoms. The average molecular weight is 398 g/mol. The summed E-state index contributed by atoms with van der Waals surface area (Å²) >= 11 is 0. The van der Waals surface area contributed by atoms with Gasteiger partial charge in [-0.25, -0.2) is 13.1 Å². The molecule has 0 bridgehead atoms. The van der Waals surface area contributed by atoms with E-state index in [0.29, 0.717) is 11.4 Å². The molecule has 146 valence electrons. The highest BCUT2D eigenvalue weighted by Gasteiger charge is 2.14. The first-order valence-electron chi connectivity index (χ1n) is 8.81.